The minimum Gasteiger partial charge on any atom is -0.263 e. The highest BCUT2D eigenvalue weighted by molar-refractivity contribution is 9.42. The summed E-state index contributed by atoms with van der Waals surface area (Å²) in [5.74, 6) is 0. The van der Waals surface area contributed by atoms with E-state index in [1.165, 1.54) is 0 Å². The van der Waals surface area contributed by atoms with Gasteiger partial charge < -0.3 is 0 Å². The molecule has 0 aliphatic rings. The van der Waals surface area contributed by atoms with E-state index in [4.69, 9.17) is 0 Å². The van der Waals surface area contributed by atoms with Gasteiger partial charge in [0.1, 0.15) is 22.8 Å². The van der Waals surface area contributed by atoms with Crippen molar-refractivity contribution in [2.75, 3.05) is 0 Å². The van der Waals surface area contributed by atoms with Gasteiger partial charge in [-0.15, -0.1) is 0 Å². The molecule has 0 saturated carbocycles. The van der Waals surface area contributed by atoms with E-state index in [0.717, 1.165) is 6.61 Å². The van der Waals surface area contributed by atoms with Gasteiger partial charge in [0.15, 0.2) is 2.14 Å². The smallest absolute Gasteiger partial charge is 0.257 e. The molecular formula is C7H2Br13O3S. The second-order valence-corrected chi connectivity index (χ2v) is 28.6. The first kappa shape index (κ1) is 30.1. The van der Waals surface area contributed by atoms with Gasteiger partial charge in [-0.3, -0.25) is 4.18 Å². The van der Waals surface area contributed by atoms with Crippen molar-refractivity contribution in [3.8, 4) is 0 Å². The Kier molecular flexibility index (Phi) is 13.1. The molecule has 0 atom stereocenters. The first-order valence-electron chi connectivity index (χ1n) is 4.78. The van der Waals surface area contributed by atoms with Crippen LogP contribution in [0.1, 0.15) is 0 Å². The van der Waals surface area contributed by atoms with Crippen LogP contribution in [0.15, 0.2) is 0 Å². The van der Waals surface area contributed by atoms with E-state index in [9.17, 15) is 8.42 Å². The fraction of sp³-hybridized carbons (Fsp3) is 0.857. The minimum atomic E-state index is -3.07. The third-order valence-electron chi connectivity index (χ3n) is 2.24. The van der Waals surface area contributed by atoms with Crippen LogP contribution < -0.4 is 0 Å². The fourth-order valence-electron chi connectivity index (χ4n) is 0.965. The zero-order valence-electron chi connectivity index (χ0n) is 10.2. The monoisotopic (exact) mass is 1190 g/mol. The third kappa shape index (κ3) is 6.35. The summed E-state index contributed by atoms with van der Waals surface area (Å²) in [4.78, 5) is 0. The summed E-state index contributed by atoms with van der Waals surface area (Å²) in [6.45, 7) is 1.06. The first-order chi connectivity index (χ1) is 10.2. The normalized spacial score (nSPS) is 15.9. The zero-order valence-corrected chi connectivity index (χ0v) is 31.7. The topological polar surface area (TPSA) is 43.4 Å². The summed E-state index contributed by atoms with van der Waals surface area (Å²) in [6.07, 6.45) is 0. The molecule has 0 amide bonds. The van der Waals surface area contributed by atoms with Gasteiger partial charge in [-0.25, -0.2) is 8.42 Å². The van der Waals surface area contributed by atoms with Crippen LogP contribution in [0, 0.1) is 6.61 Å². The summed E-state index contributed by atoms with van der Waals surface area (Å²) < 4.78 is 19.9. The maximum absolute atomic E-state index is 10.7. The molecule has 0 rings (SSSR count). The van der Waals surface area contributed by atoms with Crippen molar-refractivity contribution in [3.63, 3.8) is 0 Å². The minimum absolute atomic E-state index is 0.824. The van der Waals surface area contributed by atoms with Crippen molar-refractivity contribution in [1.82, 2.24) is 0 Å². The molecule has 0 saturated heterocycles. The van der Waals surface area contributed by atoms with Gasteiger partial charge in [-0.1, -0.05) is 207 Å². The molecule has 0 aliphatic heterocycles. The SMILES string of the molecule is O=[SH](=O)O[CH]C(Br)(Br)C(Br)(Br)C(Br)(Br)C(Br)(Br)C(Br)(Br)C(Br)(Br)Br. The third-order valence-corrected chi connectivity index (χ3v) is 27.2. The molecule has 0 aliphatic carbocycles. The van der Waals surface area contributed by atoms with Crippen LogP contribution >= 0.6 is 207 Å². The van der Waals surface area contributed by atoms with Gasteiger partial charge in [-0.2, -0.15) is 0 Å². The molecule has 24 heavy (non-hydrogen) atoms. The highest BCUT2D eigenvalue weighted by atomic mass is 80.0. The predicted molar refractivity (Wildman–Crippen MR) is 148 cm³/mol. The zero-order chi connectivity index (χ0) is 20.0. The van der Waals surface area contributed by atoms with Crippen LogP contribution in [-0.4, -0.2) is 26.7 Å². The average molecular weight is 1200 g/mol. The second kappa shape index (κ2) is 10.4. The van der Waals surface area contributed by atoms with Gasteiger partial charge >= 0.3 is 0 Å². The lowest BCUT2D eigenvalue weighted by Gasteiger charge is -2.53. The Morgan fingerprint density at radius 3 is 1.21 bits per heavy atom. The van der Waals surface area contributed by atoms with E-state index in [0.29, 0.717) is 0 Å². The molecule has 0 spiro atoms. The highest BCUT2D eigenvalue weighted by Gasteiger charge is 2.73. The molecule has 145 valence electrons. The molecule has 0 heterocycles. The van der Waals surface area contributed by atoms with Crippen LogP contribution in [0.3, 0.4) is 0 Å². The van der Waals surface area contributed by atoms with Crippen molar-refractivity contribution in [2.24, 2.45) is 0 Å². The molecule has 0 aromatic rings. The Balaban J connectivity index is 6.10. The lowest BCUT2D eigenvalue weighted by Crippen LogP contribution is -2.63. The van der Waals surface area contributed by atoms with Crippen LogP contribution in [0.2, 0.25) is 0 Å². The van der Waals surface area contributed by atoms with Gasteiger partial charge in [-0.05, 0) is 0 Å². The summed E-state index contributed by atoms with van der Waals surface area (Å²) in [7, 11) is -3.07. The van der Waals surface area contributed by atoms with Crippen LogP contribution in [0.5, 0.6) is 0 Å². The van der Waals surface area contributed by atoms with Crippen LogP contribution in [0.25, 0.3) is 0 Å². The number of rotatable bonds is 7. The molecule has 0 unspecified atom stereocenters. The van der Waals surface area contributed by atoms with Crippen molar-refractivity contribution < 1.29 is 12.6 Å². The molecule has 0 aromatic heterocycles. The molecule has 0 fully saturated rings. The van der Waals surface area contributed by atoms with Crippen molar-refractivity contribution in [1.29, 1.82) is 0 Å². The van der Waals surface area contributed by atoms with Crippen LogP contribution in [0.4, 0.5) is 0 Å². The quantitative estimate of drug-likeness (QED) is 0.205. The Morgan fingerprint density at radius 2 is 0.917 bits per heavy atom. The number of hydrogen-bond donors (Lipinski definition) is 1. The Morgan fingerprint density at radius 1 is 0.583 bits per heavy atom. The summed E-state index contributed by atoms with van der Waals surface area (Å²) in [5.41, 5.74) is 0. The predicted octanol–water partition coefficient (Wildman–Crippen LogP) is 8.96. The maximum atomic E-state index is 10.7. The van der Waals surface area contributed by atoms with Crippen molar-refractivity contribution in [3.05, 3.63) is 6.61 Å². The highest BCUT2D eigenvalue weighted by Crippen LogP contribution is 2.74. The number of hydrogen-bond acceptors (Lipinski definition) is 3. The number of alkyl halides is 13. The van der Waals surface area contributed by atoms with E-state index >= 15 is 0 Å². The molecule has 1 radical (unpaired) electrons. The van der Waals surface area contributed by atoms with Gasteiger partial charge in [0.05, 0.1) is 0 Å². The van der Waals surface area contributed by atoms with Crippen molar-refractivity contribution in [2.45, 2.75) is 18.3 Å². The van der Waals surface area contributed by atoms with Gasteiger partial charge in [0.2, 0.25) is 0 Å². The lowest BCUT2D eigenvalue weighted by molar-refractivity contribution is 0.391. The second-order valence-electron chi connectivity index (χ2n) is 3.87. The van der Waals surface area contributed by atoms with E-state index in [1.807, 2.05) is 0 Å². The largest absolute Gasteiger partial charge is 0.263 e. The summed E-state index contributed by atoms with van der Waals surface area (Å²) in [5, 5.41) is 0. The van der Waals surface area contributed by atoms with E-state index in [2.05, 4.69) is 211 Å². The number of halogens is 13. The van der Waals surface area contributed by atoms with Crippen molar-refractivity contribution >= 4 is 218 Å². The molecule has 3 nitrogen and oxygen atoms in total. The molecular weight excluding hydrogens is 1200 g/mol. The lowest BCUT2D eigenvalue weighted by atomic mass is 10.1. The Hall–Kier alpha value is 6.15. The van der Waals surface area contributed by atoms with E-state index in [1.54, 1.807) is 0 Å². The van der Waals surface area contributed by atoms with Crippen LogP contribution in [-0.2, 0) is 15.2 Å². The molecule has 0 N–H and O–H groups in total. The Labute approximate surface area is 250 Å². The molecule has 0 bridgehead atoms. The van der Waals surface area contributed by atoms with E-state index in [-0.39, 0.29) is 0 Å². The van der Waals surface area contributed by atoms with E-state index < -0.39 is 29.3 Å². The van der Waals surface area contributed by atoms with Gasteiger partial charge in [0, 0.05) is 0 Å². The molecule has 17 heteroatoms. The first-order valence-corrected chi connectivity index (χ1v) is 16.2. The standard InChI is InChI=1S/C7H2Br13O3S/c8-2(9,1-23-24(21)22)3(10,11)4(12,13)5(14,15)6(16,17)7(18,19)20/h1,24H. The average Bonchev–Trinajstić information content (AvgIpc) is 2.34. The number of thiol groups is 1. The fourth-order valence-corrected chi connectivity index (χ4v) is 11.7. The maximum Gasteiger partial charge on any atom is 0.257 e. The Bertz CT molecular complexity index is 526. The van der Waals surface area contributed by atoms with Gasteiger partial charge in [0.25, 0.3) is 11.0 Å². The molecule has 0 aromatic carbocycles. The summed E-state index contributed by atoms with van der Waals surface area (Å²) in [6, 6.07) is 0. The summed E-state index contributed by atoms with van der Waals surface area (Å²) >= 11 is 45.9.